The fraction of sp³-hybridized carbons (Fsp3) is 0.211. The first-order valence-electron chi connectivity index (χ1n) is 8.87. The molecule has 0 spiro atoms. The molecule has 1 atom stereocenters. The topological polar surface area (TPSA) is 131 Å². The predicted molar refractivity (Wildman–Crippen MR) is 117 cm³/mol. The number of hydrogen-bond donors (Lipinski definition) is 2. The summed E-state index contributed by atoms with van der Waals surface area (Å²) in [6, 6.07) is 12.1. The van der Waals surface area contributed by atoms with Gasteiger partial charge in [0.15, 0.2) is 5.58 Å². The Morgan fingerprint density at radius 3 is 2.80 bits per heavy atom. The molecular formula is C19H18BrN5O4S. The van der Waals surface area contributed by atoms with Crippen LogP contribution in [-0.4, -0.2) is 42.4 Å². The third kappa shape index (κ3) is 3.65. The number of fused-ring (bicyclic) bond motifs is 1. The lowest BCUT2D eigenvalue weighted by molar-refractivity contribution is 0.0992. The standard InChI is InChI=1S/C19H18BrN5O4S/c1-19(10-30(27,28)25(2)18(21)24-19)11-4-3-5-13(8-11)22-16(26)17-23-14-7-6-12(20)9-15(14)29-17/h3-9H,10H2,1-2H3,(H2,21,24)(H,22,26)/t19-/m0/s1. The predicted octanol–water partition coefficient (Wildman–Crippen LogP) is 2.65. The van der Waals surface area contributed by atoms with Gasteiger partial charge in [-0.3, -0.25) is 4.79 Å². The molecule has 1 aliphatic rings. The lowest BCUT2D eigenvalue weighted by Crippen LogP contribution is -2.50. The quantitative estimate of drug-likeness (QED) is 0.578. The molecule has 30 heavy (non-hydrogen) atoms. The highest BCUT2D eigenvalue weighted by Gasteiger charge is 2.40. The van der Waals surface area contributed by atoms with Crippen LogP contribution in [0.3, 0.4) is 0 Å². The monoisotopic (exact) mass is 491 g/mol. The molecule has 1 aromatic heterocycles. The Kier molecular flexibility index (Phi) is 4.82. The highest BCUT2D eigenvalue weighted by Crippen LogP contribution is 2.33. The number of nitrogens with zero attached hydrogens (tertiary/aromatic N) is 3. The van der Waals surface area contributed by atoms with Crippen molar-refractivity contribution in [2.45, 2.75) is 12.5 Å². The second kappa shape index (κ2) is 7.10. The lowest BCUT2D eigenvalue weighted by atomic mass is 9.94. The molecule has 0 unspecified atom stereocenters. The molecule has 156 valence electrons. The number of anilines is 1. The lowest BCUT2D eigenvalue weighted by Gasteiger charge is -2.34. The van der Waals surface area contributed by atoms with Crippen LogP contribution in [0.25, 0.3) is 11.1 Å². The number of guanidine groups is 1. The summed E-state index contributed by atoms with van der Waals surface area (Å²) in [7, 11) is -2.24. The Balaban J connectivity index is 1.62. The number of sulfonamides is 1. The minimum Gasteiger partial charge on any atom is -0.432 e. The van der Waals surface area contributed by atoms with E-state index in [2.05, 4.69) is 31.2 Å². The van der Waals surface area contributed by atoms with Crippen LogP contribution in [0.5, 0.6) is 0 Å². The zero-order valence-electron chi connectivity index (χ0n) is 16.1. The van der Waals surface area contributed by atoms with Gasteiger partial charge < -0.3 is 15.5 Å². The van der Waals surface area contributed by atoms with Crippen molar-refractivity contribution in [3.63, 3.8) is 0 Å². The smallest absolute Gasteiger partial charge is 0.311 e. The van der Waals surface area contributed by atoms with E-state index in [0.29, 0.717) is 22.4 Å². The van der Waals surface area contributed by atoms with E-state index in [1.165, 1.54) is 7.05 Å². The van der Waals surface area contributed by atoms with Crippen molar-refractivity contribution in [2.75, 3.05) is 18.1 Å². The van der Waals surface area contributed by atoms with Gasteiger partial charge in [-0.15, -0.1) is 0 Å². The van der Waals surface area contributed by atoms with Crippen molar-refractivity contribution >= 4 is 54.6 Å². The van der Waals surface area contributed by atoms with Gasteiger partial charge >= 0.3 is 5.91 Å². The van der Waals surface area contributed by atoms with Crippen LogP contribution in [0.2, 0.25) is 0 Å². The second-order valence-electron chi connectivity index (χ2n) is 7.13. The van der Waals surface area contributed by atoms with E-state index >= 15 is 0 Å². The number of amides is 1. The van der Waals surface area contributed by atoms with Crippen molar-refractivity contribution in [1.82, 2.24) is 9.29 Å². The van der Waals surface area contributed by atoms with E-state index in [1.54, 1.807) is 49.4 Å². The van der Waals surface area contributed by atoms with E-state index in [-0.39, 0.29) is 17.6 Å². The number of halogens is 1. The van der Waals surface area contributed by atoms with Gasteiger partial charge in [0.05, 0.1) is 5.75 Å². The Bertz CT molecular complexity index is 1300. The molecule has 11 heteroatoms. The molecular weight excluding hydrogens is 474 g/mol. The molecule has 0 bridgehead atoms. The Morgan fingerprint density at radius 2 is 2.07 bits per heavy atom. The third-order valence-corrected chi connectivity index (χ3v) is 7.29. The molecule has 0 saturated heterocycles. The maximum absolute atomic E-state index is 12.6. The molecule has 0 saturated carbocycles. The minimum absolute atomic E-state index is 0.0798. The van der Waals surface area contributed by atoms with Crippen LogP contribution >= 0.6 is 15.9 Å². The third-order valence-electron chi connectivity index (χ3n) is 4.85. The van der Waals surface area contributed by atoms with E-state index in [0.717, 1.165) is 8.78 Å². The summed E-state index contributed by atoms with van der Waals surface area (Å²) in [6.45, 7) is 1.68. The normalized spacial score (nSPS) is 20.8. The van der Waals surface area contributed by atoms with Crippen molar-refractivity contribution in [3.05, 3.63) is 58.4 Å². The number of benzene rings is 2. The van der Waals surface area contributed by atoms with Gasteiger partial charge in [-0.2, -0.15) is 0 Å². The zero-order valence-corrected chi connectivity index (χ0v) is 18.5. The largest absolute Gasteiger partial charge is 0.432 e. The number of nitrogens with two attached hydrogens (primary N) is 1. The Morgan fingerprint density at radius 1 is 1.30 bits per heavy atom. The van der Waals surface area contributed by atoms with Crippen LogP contribution in [0.1, 0.15) is 23.2 Å². The van der Waals surface area contributed by atoms with Crippen LogP contribution in [0.4, 0.5) is 5.69 Å². The number of rotatable bonds is 3. The molecule has 0 radical (unpaired) electrons. The SMILES string of the molecule is CN1C(N)=N[C@](C)(c2cccc(NC(=O)c3nc4ccc(Br)cc4o3)c2)CS1(=O)=O. The van der Waals surface area contributed by atoms with E-state index in [1.807, 2.05) is 0 Å². The fourth-order valence-corrected chi connectivity index (χ4v) is 5.01. The summed E-state index contributed by atoms with van der Waals surface area (Å²) in [5, 5.41) is 2.72. The maximum atomic E-state index is 12.6. The van der Waals surface area contributed by atoms with Crippen LogP contribution < -0.4 is 11.1 Å². The van der Waals surface area contributed by atoms with Gasteiger partial charge in [-0.05, 0) is 42.8 Å². The van der Waals surface area contributed by atoms with Gasteiger partial charge in [0, 0.05) is 17.2 Å². The van der Waals surface area contributed by atoms with Crippen molar-refractivity contribution in [3.8, 4) is 0 Å². The summed E-state index contributed by atoms with van der Waals surface area (Å²) < 4.78 is 32.1. The number of hydrogen-bond acceptors (Lipinski definition) is 7. The molecule has 1 amide bonds. The van der Waals surface area contributed by atoms with Crippen molar-refractivity contribution < 1.29 is 17.6 Å². The summed E-state index contributed by atoms with van der Waals surface area (Å²) >= 11 is 3.35. The first-order chi connectivity index (χ1) is 14.1. The molecule has 2 aromatic carbocycles. The van der Waals surface area contributed by atoms with Crippen molar-refractivity contribution in [2.24, 2.45) is 10.7 Å². The average Bonchev–Trinajstić information content (AvgIpc) is 3.09. The first kappa shape index (κ1) is 20.4. The molecule has 1 aliphatic heterocycles. The molecule has 0 fully saturated rings. The number of aliphatic imine (C=N–C) groups is 1. The van der Waals surface area contributed by atoms with Gasteiger partial charge in [-0.25, -0.2) is 22.7 Å². The number of nitrogens with one attached hydrogen (secondary N) is 1. The molecule has 3 aromatic rings. The van der Waals surface area contributed by atoms with Gasteiger partial charge in [-0.1, -0.05) is 28.1 Å². The van der Waals surface area contributed by atoms with Gasteiger partial charge in [0.25, 0.3) is 5.89 Å². The highest BCUT2D eigenvalue weighted by atomic mass is 79.9. The Labute approximate surface area is 181 Å². The first-order valence-corrected chi connectivity index (χ1v) is 11.3. The van der Waals surface area contributed by atoms with E-state index < -0.39 is 21.5 Å². The fourth-order valence-electron chi connectivity index (χ4n) is 3.21. The average molecular weight is 492 g/mol. The summed E-state index contributed by atoms with van der Waals surface area (Å²) in [5.74, 6) is -0.933. The molecule has 4 rings (SSSR count). The second-order valence-corrected chi connectivity index (χ2v) is 10.0. The molecule has 3 N–H and O–H groups in total. The zero-order chi connectivity index (χ0) is 21.7. The van der Waals surface area contributed by atoms with E-state index in [9.17, 15) is 13.2 Å². The number of aromatic nitrogens is 1. The molecule has 9 nitrogen and oxygen atoms in total. The maximum Gasteiger partial charge on any atom is 0.311 e. The van der Waals surface area contributed by atoms with Crippen molar-refractivity contribution in [1.29, 1.82) is 0 Å². The number of carbonyl (C=O) groups excluding carboxylic acids is 1. The van der Waals surface area contributed by atoms with Crippen LogP contribution in [-0.2, 0) is 15.6 Å². The van der Waals surface area contributed by atoms with E-state index in [4.69, 9.17) is 10.2 Å². The minimum atomic E-state index is -3.60. The Hall–Kier alpha value is -2.92. The van der Waals surface area contributed by atoms with Crippen LogP contribution in [0.15, 0.2) is 56.3 Å². The number of oxazole rings is 1. The summed E-state index contributed by atoms with van der Waals surface area (Å²) in [6.07, 6.45) is 0. The van der Waals surface area contributed by atoms with Crippen LogP contribution in [0, 0.1) is 0 Å². The molecule has 2 heterocycles. The highest BCUT2D eigenvalue weighted by molar-refractivity contribution is 9.10. The number of carbonyl (C=O) groups is 1. The summed E-state index contributed by atoms with van der Waals surface area (Å²) in [5.41, 5.74) is 6.82. The molecule has 0 aliphatic carbocycles. The summed E-state index contributed by atoms with van der Waals surface area (Å²) in [4.78, 5) is 21.2. The van der Waals surface area contributed by atoms with Gasteiger partial charge in [0.1, 0.15) is 11.1 Å². The van der Waals surface area contributed by atoms with Gasteiger partial charge in [0.2, 0.25) is 16.0 Å².